The molecule has 1 nitrogen and oxygen atoms in total. The van der Waals surface area contributed by atoms with Crippen molar-refractivity contribution in [3.05, 3.63) is 53.1 Å². The van der Waals surface area contributed by atoms with E-state index in [-0.39, 0.29) is 16.1 Å². The van der Waals surface area contributed by atoms with Gasteiger partial charge in [0.05, 0.1) is 5.56 Å². The molecule has 2 aromatic rings. The molecular weight excluding hydrogens is 334 g/mol. The van der Waals surface area contributed by atoms with E-state index in [1.165, 1.54) is 6.07 Å². The largest absolute Gasteiger partial charge is 0.573 e. The maximum absolute atomic E-state index is 13.0. The third kappa shape index (κ3) is 4.07. The second-order valence-electron chi connectivity index (χ2n) is 4.26. The van der Waals surface area contributed by atoms with Gasteiger partial charge in [-0.05, 0) is 35.4 Å². The molecule has 0 aliphatic rings. The standard InChI is InChI=1S/C14H7ClF6O/c15-9-3-6-11(12(7-9)13(16,17)18)8-1-4-10(5-2-8)22-14(19,20)21/h1-7H. The summed E-state index contributed by atoms with van der Waals surface area (Å²) in [5.74, 6) is -0.515. The predicted octanol–water partition coefficient (Wildman–Crippen LogP) is 5.92. The maximum atomic E-state index is 13.0. The van der Waals surface area contributed by atoms with Crippen LogP contribution in [0, 0.1) is 0 Å². The SMILES string of the molecule is FC(F)(F)Oc1ccc(-c2ccc(Cl)cc2C(F)(F)F)cc1. The third-order valence-corrected chi connectivity index (χ3v) is 2.92. The van der Waals surface area contributed by atoms with Crippen molar-refractivity contribution < 1.29 is 31.1 Å². The van der Waals surface area contributed by atoms with E-state index >= 15 is 0 Å². The zero-order chi connectivity index (χ0) is 16.5. The first-order valence-electron chi connectivity index (χ1n) is 5.79. The van der Waals surface area contributed by atoms with Crippen LogP contribution in [0.25, 0.3) is 11.1 Å². The molecule has 2 aromatic carbocycles. The molecule has 118 valence electrons. The smallest absolute Gasteiger partial charge is 0.406 e. The van der Waals surface area contributed by atoms with Crippen LogP contribution in [-0.4, -0.2) is 6.36 Å². The molecule has 22 heavy (non-hydrogen) atoms. The molecule has 0 amide bonds. The number of hydrogen-bond donors (Lipinski definition) is 0. The van der Waals surface area contributed by atoms with E-state index in [9.17, 15) is 26.3 Å². The molecule has 2 rings (SSSR count). The molecule has 0 aromatic heterocycles. The first-order valence-corrected chi connectivity index (χ1v) is 6.17. The quantitative estimate of drug-likeness (QED) is 0.616. The Morgan fingerprint density at radius 1 is 0.818 bits per heavy atom. The Bertz CT molecular complexity index is 661. The average molecular weight is 341 g/mol. The van der Waals surface area contributed by atoms with E-state index in [1.54, 1.807) is 0 Å². The topological polar surface area (TPSA) is 9.23 Å². The lowest BCUT2D eigenvalue weighted by Gasteiger charge is -2.14. The van der Waals surface area contributed by atoms with Crippen LogP contribution < -0.4 is 4.74 Å². The summed E-state index contributed by atoms with van der Waals surface area (Å²) in [5.41, 5.74) is -1.06. The van der Waals surface area contributed by atoms with Gasteiger partial charge >= 0.3 is 12.5 Å². The molecule has 0 atom stereocenters. The van der Waals surface area contributed by atoms with Gasteiger partial charge in [0, 0.05) is 5.02 Å². The van der Waals surface area contributed by atoms with E-state index in [0.29, 0.717) is 0 Å². The molecule has 0 aliphatic carbocycles. The minimum absolute atomic E-state index is 0.0897. The van der Waals surface area contributed by atoms with Crippen molar-refractivity contribution in [2.24, 2.45) is 0 Å². The minimum Gasteiger partial charge on any atom is -0.406 e. The van der Waals surface area contributed by atoms with Gasteiger partial charge in [0.1, 0.15) is 5.75 Å². The average Bonchev–Trinajstić information content (AvgIpc) is 2.37. The van der Waals surface area contributed by atoms with Crippen molar-refractivity contribution in [3.8, 4) is 16.9 Å². The molecule has 0 radical (unpaired) electrons. The number of alkyl halides is 6. The monoisotopic (exact) mass is 340 g/mol. The zero-order valence-corrected chi connectivity index (χ0v) is 11.4. The predicted molar refractivity (Wildman–Crippen MR) is 68.6 cm³/mol. The van der Waals surface area contributed by atoms with Crippen LogP contribution in [0.2, 0.25) is 5.02 Å². The number of ether oxygens (including phenoxy) is 1. The summed E-state index contributed by atoms with van der Waals surface area (Å²) in [4.78, 5) is 0. The van der Waals surface area contributed by atoms with Gasteiger partial charge in [-0.25, -0.2) is 0 Å². The lowest BCUT2D eigenvalue weighted by molar-refractivity contribution is -0.274. The molecule has 0 bridgehead atoms. The summed E-state index contributed by atoms with van der Waals surface area (Å²) in [7, 11) is 0. The van der Waals surface area contributed by atoms with Crippen LogP contribution in [0.4, 0.5) is 26.3 Å². The highest BCUT2D eigenvalue weighted by molar-refractivity contribution is 6.30. The third-order valence-electron chi connectivity index (χ3n) is 2.69. The van der Waals surface area contributed by atoms with Gasteiger partial charge in [-0.15, -0.1) is 13.2 Å². The van der Waals surface area contributed by atoms with E-state index < -0.39 is 23.9 Å². The van der Waals surface area contributed by atoms with E-state index in [4.69, 9.17) is 11.6 Å². The van der Waals surface area contributed by atoms with Crippen LogP contribution in [0.1, 0.15) is 5.56 Å². The molecule has 0 saturated heterocycles. The summed E-state index contributed by atoms with van der Waals surface area (Å²) in [6, 6.07) is 7.29. The fourth-order valence-corrected chi connectivity index (χ4v) is 2.01. The highest BCUT2D eigenvalue weighted by Crippen LogP contribution is 2.39. The first-order chi connectivity index (χ1) is 10.1. The van der Waals surface area contributed by atoms with E-state index in [2.05, 4.69) is 4.74 Å². The summed E-state index contributed by atoms with van der Waals surface area (Å²) in [5, 5.41) is -0.0897. The van der Waals surface area contributed by atoms with Gasteiger partial charge < -0.3 is 4.74 Å². The highest BCUT2D eigenvalue weighted by Gasteiger charge is 2.34. The molecule has 0 fully saturated rings. The van der Waals surface area contributed by atoms with Gasteiger partial charge in [0.25, 0.3) is 0 Å². The number of benzene rings is 2. The lowest BCUT2D eigenvalue weighted by atomic mass is 9.99. The van der Waals surface area contributed by atoms with Crippen molar-refractivity contribution in [2.75, 3.05) is 0 Å². The van der Waals surface area contributed by atoms with Crippen LogP contribution in [0.3, 0.4) is 0 Å². The van der Waals surface area contributed by atoms with Crippen LogP contribution in [0.15, 0.2) is 42.5 Å². The van der Waals surface area contributed by atoms with Crippen LogP contribution in [0.5, 0.6) is 5.75 Å². The Morgan fingerprint density at radius 3 is 1.91 bits per heavy atom. The van der Waals surface area contributed by atoms with Gasteiger partial charge in [0.2, 0.25) is 0 Å². The van der Waals surface area contributed by atoms with E-state index in [0.717, 1.165) is 36.4 Å². The second kappa shape index (κ2) is 5.72. The maximum Gasteiger partial charge on any atom is 0.573 e. The molecule has 0 spiro atoms. The summed E-state index contributed by atoms with van der Waals surface area (Å²) in [6.07, 6.45) is -9.50. The second-order valence-corrected chi connectivity index (χ2v) is 4.70. The lowest BCUT2D eigenvalue weighted by Crippen LogP contribution is -2.17. The van der Waals surface area contributed by atoms with Crippen molar-refractivity contribution >= 4 is 11.6 Å². The summed E-state index contributed by atoms with van der Waals surface area (Å²) < 4.78 is 78.7. The van der Waals surface area contributed by atoms with E-state index in [1.807, 2.05) is 0 Å². The van der Waals surface area contributed by atoms with Gasteiger partial charge in [0.15, 0.2) is 0 Å². The van der Waals surface area contributed by atoms with Crippen molar-refractivity contribution in [3.63, 3.8) is 0 Å². The normalized spacial score (nSPS) is 12.3. The summed E-state index contributed by atoms with van der Waals surface area (Å²) >= 11 is 5.56. The van der Waals surface area contributed by atoms with Crippen molar-refractivity contribution in [1.82, 2.24) is 0 Å². The Kier molecular flexibility index (Phi) is 4.28. The molecule has 0 saturated carbocycles. The number of rotatable bonds is 2. The molecule has 8 heteroatoms. The minimum atomic E-state index is -4.86. The molecular formula is C14H7ClF6O. The Labute approximate surface area is 126 Å². The van der Waals surface area contributed by atoms with Gasteiger partial charge in [-0.2, -0.15) is 13.2 Å². The molecule has 0 heterocycles. The first kappa shape index (κ1) is 16.5. The Hall–Kier alpha value is -1.89. The fraction of sp³-hybridized carbons (Fsp3) is 0.143. The molecule has 0 unspecified atom stereocenters. The fourth-order valence-electron chi connectivity index (χ4n) is 1.84. The van der Waals surface area contributed by atoms with Gasteiger partial charge in [-0.3, -0.25) is 0 Å². The number of hydrogen-bond acceptors (Lipinski definition) is 1. The van der Waals surface area contributed by atoms with Crippen molar-refractivity contribution in [1.29, 1.82) is 0 Å². The molecule has 0 aliphatic heterocycles. The number of halogens is 7. The zero-order valence-electron chi connectivity index (χ0n) is 10.6. The molecule has 0 N–H and O–H groups in total. The Morgan fingerprint density at radius 2 is 1.41 bits per heavy atom. The van der Waals surface area contributed by atoms with Crippen LogP contribution >= 0.6 is 11.6 Å². The van der Waals surface area contributed by atoms with Crippen molar-refractivity contribution in [2.45, 2.75) is 12.5 Å². The highest BCUT2D eigenvalue weighted by atomic mass is 35.5. The summed E-state index contributed by atoms with van der Waals surface area (Å²) in [6.45, 7) is 0. The van der Waals surface area contributed by atoms with Crippen LogP contribution in [-0.2, 0) is 6.18 Å². The Balaban J connectivity index is 2.41. The van der Waals surface area contributed by atoms with Gasteiger partial charge in [-0.1, -0.05) is 29.8 Å².